The fourth-order valence-corrected chi connectivity index (χ4v) is 3.14. The number of hydrogen-bond acceptors (Lipinski definition) is 5. The molecule has 2 unspecified atom stereocenters. The maximum atomic E-state index is 5.52. The molecule has 2 aliphatic rings. The van der Waals surface area contributed by atoms with Gasteiger partial charge in [0.1, 0.15) is 0 Å². The van der Waals surface area contributed by atoms with Gasteiger partial charge >= 0.3 is 0 Å². The van der Waals surface area contributed by atoms with E-state index in [4.69, 9.17) is 4.52 Å². The van der Waals surface area contributed by atoms with Gasteiger partial charge in [0.25, 0.3) is 0 Å². The smallest absolute Gasteiger partial charge is 0.231 e. The van der Waals surface area contributed by atoms with Crippen LogP contribution in [0.2, 0.25) is 0 Å². The molecular formula is C14H24N4O. The van der Waals surface area contributed by atoms with E-state index in [1.165, 1.54) is 25.8 Å². The van der Waals surface area contributed by atoms with Gasteiger partial charge < -0.3 is 14.7 Å². The van der Waals surface area contributed by atoms with E-state index < -0.39 is 0 Å². The largest absolute Gasteiger partial charge is 0.339 e. The highest BCUT2D eigenvalue weighted by atomic mass is 16.5. The van der Waals surface area contributed by atoms with E-state index in [0.717, 1.165) is 31.2 Å². The van der Waals surface area contributed by atoms with Crippen LogP contribution in [-0.2, 0) is 0 Å². The number of nitrogens with zero attached hydrogens (tertiary/aromatic N) is 3. The van der Waals surface area contributed by atoms with Crippen molar-refractivity contribution in [2.24, 2.45) is 0 Å². The molecule has 2 saturated heterocycles. The number of rotatable bonds is 3. The van der Waals surface area contributed by atoms with E-state index in [9.17, 15) is 0 Å². The minimum atomic E-state index is 0.308. The second-order valence-electron chi connectivity index (χ2n) is 6.07. The maximum absolute atomic E-state index is 5.52. The van der Waals surface area contributed by atoms with Crippen LogP contribution in [0.25, 0.3) is 0 Å². The van der Waals surface area contributed by atoms with E-state index >= 15 is 0 Å². The van der Waals surface area contributed by atoms with Gasteiger partial charge in [0.2, 0.25) is 5.89 Å². The van der Waals surface area contributed by atoms with Crippen molar-refractivity contribution in [2.75, 3.05) is 19.6 Å². The van der Waals surface area contributed by atoms with Crippen LogP contribution in [0.1, 0.15) is 63.2 Å². The summed E-state index contributed by atoms with van der Waals surface area (Å²) in [4.78, 5) is 7.15. The van der Waals surface area contributed by atoms with Crippen molar-refractivity contribution in [3.8, 4) is 0 Å². The third-order valence-corrected chi connectivity index (χ3v) is 4.36. The Bertz CT molecular complexity index is 411. The van der Waals surface area contributed by atoms with E-state index in [0.29, 0.717) is 18.0 Å². The predicted octanol–water partition coefficient (Wildman–Crippen LogP) is 2.08. The molecule has 0 amide bonds. The summed E-state index contributed by atoms with van der Waals surface area (Å²) in [5.41, 5.74) is 0. The van der Waals surface area contributed by atoms with Gasteiger partial charge in [-0.2, -0.15) is 4.98 Å². The van der Waals surface area contributed by atoms with Gasteiger partial charge in [-0.3, -0.25) is 0 Å². The Morgan fingerprint density at radius 1 is 1.32 bits per heavy atom. The first-order chi connectivity index (χ1) is 9.24. The Balaban J connectivity index is 1.68. The molecule has 1 aromatic rings. The number of hydrogen-bond donors (Lipinski definition) is 1. The fourth-order valence-electron chi connectivity index (χ4n) is 3.14. The van der Waals surface area contributed by atoms with Crippen molar-refractivity contribution < 1.29 is 4.52 Å². The van der Waals surface area contributed by atoms with Crippen LogP contribution in [0, 0.1) is 0 Å². The zero-order chi connectivity index (χ0) is 13.2. The molecule has 1 N–H and O–H groups in total. The second kappa shape index (κ2) is 5.59. The first-order valence-corrected chi connectivity index (χ1v) is 7.55. The number of aromatic nitrogens is 2. The molecule has 106 valence electrons. The molecule has 0 spiro atoms. The van der Waals surface area contributed by atoms with Gasteiger partial charge in [0, 0.05) is 12.6 Å². The Morgan fingerprint density at radius 3 is 2.95 bits per heavy atom. The Morgan fingerprint density at radius 2 is 2.21 bits per heavy atom. The van der Waals surface area contributed by atoms with Crippen LogP contribution in [0.5, 0.6) is 0 Å². The van der Waals surface area contributed by atoms with Gasteiger partial charge in [0.05, 0.1) is 12.0 Å². The molecule has 5 heteroatoms. The molecule has 2 atom stereocenters. The maximum Gasteiger partial charge on any atom is 0.231 e. The minimum absolute atomic E-state index is 0.308. The van der Waals surface area contributed by atoms with Crippen LogP contribution in [0.4, 0.5) is 0 Å². The molecule has 2 aliphatic heterocycles. The highest BCUT2D eigenvalue weighted by Crippen LogP contribution is 2.28. The van der Waals surface area contributed by atoms with Gasteiger partial charge in [0.15, 0.2) is 5.82 Å². The average Bonchev–Trinajstić information content (AvgIpc) is 3.09. The summed E-state index contributed by atoms with van der Waals surface area (Å²) in [6.45, 7) is 7.82. The predicted molar refractivity (Wildman–Crippen MR) is 73.0 cm³/mol. The number of nitrogens with one attached hydrogen (secondary N) is 1. The number of likely N-dealkylation sites (tertiary alicyclic amines) is 1. The normalized spacial score (nSPS) is 29.2. The standard InChI is InChI=1S/C14H24N4O/c1-10(2)18-8-4-5-11(9-18)14-16-13(17-19-14)12-6-3-7-15-12/h10-12,15H,3-9H2,1-2H3. The summed E-state index contributed by atoms with van der Waals surface area (Å²) in [5.74, 6) is 2.11. The van der Waals surface area contributed by atoms with Crippen LogP contribution in [0.3, 0.4) is 0 Å². The highest BCUT2D eigenvalue weighted by molar-refractivity contribution is 5.02. The Labute approximate surface area is 114 Å². The van der Waals surface area contributed by atoms with Gasteiger partial charge in [-0.1, -0.05) is 5.16 Å². The average molecular weight is 264 g/mol. The van der Waals surface area contributed by atoms with Crippen molar-refractivity contribution in [2.45, 2.75) is 57.5 Å². The lowest BCUT2D eigenvalue weighted by atomic mass is 9.97. The monoisotopic (exact) mass is 264 g/mol. The summed E-state index contributed by atoms with van der Waals surface area (Å²) in [6.07, 6.45) is 4.73. The molecule has 5 nitrogen and oxygen atoms in total. The van der Waals surface area contributed by atoms with E-state index in [2.05, 4.69) is 34.2 Å². The summed E-state index contributed by atoms with van der Waals surface area (Å²) in [6, 6.07) is 0.906. The molecule has 0 aromatic carbocycles. The number of piperidine rings is 1. The first-order valence-electron chi connectivity index (χ1n) is 7.55. The highest BCUT2D eigenvalue weighted by Gasteiger charge is 2.29. The zero-order valence-electron chi connectivity index (χ0n) is 11.9. The summed E-state index contributed by atoms with van der Waals surface area (Å²) in [5, 5.41) is 7.60. The van der Waals surface area contributed by atoms with Crippen LogP contribution >= 0.6 is 0 Å². The molecule has 0 aliphatic carbocycles. The van der Waals surface area contributed by atoms with Gasteiger partial charge in [-0.05, 0) is 52.6 Å². The molecular weight excluding hydrogens is 240 g/mol. The molecule has 3 rings (SSSR count). The van der Waals surface area contributed by atoms with Crippen molar-refractivity contribution in [3.05, 3.63) is 11.7 Å². The summed E-state index contributed by atoms with van der Waals surface area (Å²) >= 11 is 0. The molecule has 0 radical (unpaired) electrons. The molecule has 3 heterocycles. The summed E-state index contributed by atoms with van der Waals surface area (Å²) in [7, 11) is 0. The van der Waals surface area contributed by atoms with E-state index in [1.54, 1.807) is 0 Å². The SMILES string of the molecule is CC(C)N1CCCC(c2nc(C3CCCN3)no2)C1. The van der Waals surface area contributed by atoms with Crippen LogP contribution < -0.4 is 5.32 Å². The topological polar surface area (TPSA) is 54.2 Å². The lowest BCUT2D eigenvalue weighted by Gasteiger charge is -2.33. The lowest BCUT2D eigenvalue weighted by molar-refractivity contribution is 0.153. The first kappa shape index (κ1) is 13.1. The molecule has 19 heavy (non-hydrogen) atoms. The molecule has 0 saturated carbocycles. The van der Waals surface area contributed by atoms with E-state index in [-0.39, 0.29) is 0 Å². The third kappa shape index (κ3) is 2.82. The van der Waals surface area contributed by atoms with Crippen molar-refractivity contribution in [1.29, 1.82) is 0 Å². The quantitative estimate of drug-likeness (QED) is 0.906. The van der Waals surface area contributed by atoms with E-state index in [1.807, 2.05) is 0 Å². The third-order valence-electron chi connectivity index (χ3n) is 4.36. The van der Waals surface area contributed by atoms with Gasteiger partial charge in [-0.25, -0.2) is 0 Å². The summed E-state index contributed by atoms with van der Waals surface area (Å²) < 4.78 is 5.52. The molecule has 1 aromatic heterocycles. The van der Waals surface area contributed by atoms with Crippen molar-refractivity contribution in [3.63, 3.8) is 0 Å². The van der Waals surface area contributed by atoms with Crippen molar-refractivity contribution >= 4 is 0 Å². The molecule has 2 fully saturated rings. The molecule has 0 bridgehead atoms. The van der Waals surface area contributed by atoms with Crippen LogP contribution in [0.15, 0.2) is 4.52 Å². The second-order valence-corrected chi connectivity index (χ2v) is 6.07. The fraction of sp³-hybridized carbons (Fsp3) is 0.857. The van der Waals surface area contributed by atoms with Gasteiger partial charge in [-0.15, -0.1) is 0 Å². The lowest BCUT2D eigenvalue weighted by Crippen LogP contribution is -2.39. The Hall–Kier alpha value is -0.940. The Kier molecular flexibility index (Phi) is 3.84. The zero-order valence-corrected chi connectivity index (χ0v) is 11.9. The minimum Gasteiger partial charge on any atom is -0.339 e. The van der Waals surface area contributed by atoms with Crippen LogP contribution in [-0.4, -0.2) is 40.7 Å². The van der Waals surface area contributed by atoms with Crippen molar-refractivity contribution in [1.82, 2.24) is 20.4 Å².